The SMILES string of the molecule is CCN(CC)C(=O)[C@@H]1CCCN1C(=O)Nc1cccc([N+](=O)[O-])c1. The van der Waals surface area contributed by atoms with Crippen LogP contribution in [-0.4, -0.2) is 52.3 Å². The summed E-state index contributed by atoms with van der Waals surface area (Å²) in [6.07, 6.45) is 1.40. The smallest absolute Gasteiger partial charge is 0.322 e. The lowest BCUT2D eigenvalue weighted by molar-refractivity contribution is -0.384. The lowest BCUT2D eigenvalue weighted by Gasteiger charge is -2.29. The van der Waals surface area contributed by atoms with E-state index in [1.165, 1.54) is 23.1 Å². The summed E-state index contributed by atoms with van der Waals surface area (Å²) in [6, 6.07) is 4.88. The van der Waals surface area contributed by atoms with Gasteiger partial charge in [-0.05, 0) is 32.8 Å². The molecule has 1 atom stereocenters. The Morgan fingerprint density at radius 1 is 1.38 bits per heavy atom. The van der Waals surface area contributed by atoms with Gasteiger partial charge in [-0.15, -0.1) is 0 Å². The maximum atomic E-state index is 12.5. The zero-order valence-electron chi connectivity index (χ0n) is 13.9. The van der Waals surface area contributed by atoms with Crippen LogP contribution in [0.25, 0.3) is 0 Å². The van der Waals surface area contributed by atoms with Crippen LogP contribution >= 0.6 is 0 Å². The van der Waals surface area contributed by atoms with Crippen molar-refractivity contribution in [3.63, 3.8) is 0 Å². The van der Waals surface area contributed by atoms with Gasteiger partial charge in [0.25, 0.3) is 5.69 Å². The van der Waals surface area contributed by atoms with Crippen LogP contribution in [0, 0.1) is 10.1 Å². The van der Waals surface area contributed by atoms with Gasteiger partial charge < -0.3 is 15.1 Å². The average Bonchev–Trinajstić information content (AvgIpc) is 3.05. The van der Waals surface area contributed by atoms with E-state index in [9.17, 15) is 19.7 Å². The Bertz CT molecular complexity index is 630. The molecule has 0 spiro atoms. The summed E-state index contributed by atoms with van der Waals surface area (Å²) in [4.78, 5) is 38.5. The van der Waals surface area contributed by atoms with Crippen molar-refractivity contribution < 1.29 is 14.5 Å². The van der Waals surface area contributed by atoms with Gasteiger partial charge in [0, 0.05) is 37.5 Å². The number of hydrogen-bond acceptors (Lipinski definition) is 4. The first-order valence-electron chi connectivity index (χ1n) is 8.08. The molecule has 0 aromatic heterocycles. The van der Waals surface area contributed by atoms with Crippen molar-refractivity contribution in [2.45, 2.75) is 32.7 Å². The minimum Gasteiger partial charge on any atom is -0.341 e. The molecule has 8 nitrogen and oxygen atoms in total. The third kappa shape index (κ3) is 3.81. The summed E-state index contributed by atoms with van der Waals surface area (Å²) in [6.45, 7) is 5.52. The van der Waals surface area contributed by atoms with Crippen LogP contribution in [0.1, 0.15) is 26.7 Å². The van der Waals surface area contributed by atoms with Crippen molar-refractivity contribution in [2.24, 2.45) is 0 Å². The average molecular weight is 334 g/mol. The molecule has 24 heavy (non-hydrogen) atoms. The summed E-state index contributed by atoms with van der Waals surface area (Å²) in [5, 5.41) is 13.5. The van der Waals surface area contributed by atoms with Crippen molar-refractivity contribution in [1.82, 2.24) is 9.80 Å². The third-order valence-corrected chi connectivity index (χ3v) is 4.18. The molecule has 0 aliphatic carbocycles. The molecule has 1 aliphatic rings. The van der Waals surface area contributed by atoms with Crippen molar-refractivity contribution in [3.05, 3.63) is 34.4 Å². The van der Waals surface area contributed by atoms with E-state index in [0.29, 0.717) is 31.7 Å². The molecule has 1 saturated heterocycles. The van der Waals surface area contributed by atoms with Gasteiger partial charge in [0.1, 0.15) is 6.04 Å². The lowest BCUT2D eigenvalue weighted by Crippen LogP contribution is -2.49. The number of carbonyl (C=O) groups excluding carboxylic acids is 2. The standard InChI is InChI=1S/C16H22N4O4/c1-3-18(4-2)15(21)14-9-6-10-19(14)16(22)17-12-7-5-8-13(11-12)20(23)24/h5,7-8,11,14H,3-4,6,9-10H2,1-2H3,(H,17,22)/t14-/m0/s1. The van der Waals surface area contributed by atoms with Gasteiger partial charge in [0.05, 0.1) is 4.92 Å². The van der Waals surface area contributed by atoms with Gasteiger partial charge in [-0.2, -0.15) is 0 Å². The van der Waals surface area contributed by atoms with Crippen LogP contribution in [0.2, 0.25) is 0 Å². The fraction of sp³-hybridized carbons (Fsp3) is 0.500. The number of nitro benzene ring substituents is 1. The molecular weight excluding hydrogens is 312 g/mol. The Kier molecular flexibility index (Phi) is 5.73. The summed E-state index contributed by atoms with van der Waals surface area (Å²) >= 11 is 0. The number of urea groups is 1. The third-order valence-electron chi connectivity index (χ3n) is 4.18. The fourth-order valence-electron chi connectivity index (χ4n) is 2.91. The van der Waals surface area contributed by atoms with E-state index in [2.05, 4.69) is 5.32 Å². The van der Waals surface area contributed by atoms with Gasteiger partial charge in [0.2, 0.25) is 5.91 Å². The van der Waals surface area contributed by atoms with Crippen molar-refractivity contribution >= 4 is 23.3 Å². The summed E-state index contributed by atoms with van der Waals surface area (Å²) in [5.41, 5.74) is 0.250. The molecule has 0 saturated carbocycles. The number of anilines is 1. The van der Waals surface area contributed by atoms with Crippen molar-refractivity contribution in [1.29, 1.82) is 0 Å². The Hall–Kier alpha value is -2.64. The van der Waals surface area contributed by atoms with Crippen LogP contribution in [0.4, 0.5) is 16.2 Å². The van der Waals surface area contributed by atoms with E-state index in [1.807, 2.05) is 13.8 Å². The number of hydrogen-bond donors (Lipinski definition) is 1. The molecule has 1 aliphatic heterocycles. The van der Waals surface area contributed by atoms with E-state index >= 15 is 0 Å². The number of nitrogens with zero attached hydrogens (tertiary/aromatic N) is 3. The Morgan fingerprint density at radius 3 is 2.71 bits per heavy atom. The summed E-state index contributed by atoms with van der Waals surface area (Å²) in [7, 11) is 0. The van der Waals surface area contributed by atoms with E-state index in [-0.39, 0.29) is 11.6 Å². The van der Waals surface area contributed by atoms with Crippen molar-refractivity contribution in [2.75, 3.05) is 25.0 Å². The molecule has 0 bridgehead atoms. The van der Waals surface area contributed by atoms with Crippen LogP contribution in [0.15, 0.2) is 24.3 Å². The molecule has 0 radical (unpaired) electrons. The Balaban J connectivity index is 2.09. The maximum Gasteiger partial charge on any atom is 0.322 e. The lowest BCUT2D eigenvalue weighted by atomic mass is 10.2. The monoisotopic (exact) mass is 334 g/mol. The Morgan fingerprint density at radius 2 is 2.08 bits per heavy atom. The van der Waals surface area contributed by atoms with Gasteiger partial charge in [-0.3, -0.25) is 14.9 Å². The topological polar surface area (TPSA) is 95.8 Å². The number of non-ortho nitro benzene ring substituents is 1. The molecule has 0 unspecified atom stereocenters. The molecule has 1 N–H and O–H groups in total. The zero-order chi connectivity index (χ0) is 17.7. The van der Waals surface area contributed by atoms with Crippen LogP contribution in [-0.2, 0) is 4.79 Å². The number of benzene rings is 1. The predicted molar refractivity (Wildman–Crippen MR) is 89.8 cm³/mol. The first-order valence-corrected chi connectivity index (χ1v) is 8.08. The number of carbonyl (C=O) groups is 2. The molecule has 1 heterocycles. The Labute approximate surface area is 140 Å². The molecule has 130 valence electrons. The van der Waals surface area contributed by atoms with E-state index < -0.39 is 17.0 Å². The second kappa shape index (κ2) is 7.76. The molecular formula is C16H22N4O4. The molecule has 2 rings (SSSR count). The normalized spacial score (nSPS) is 16.8. The highest BCUT2D eigenvalue weighted by molar-refractivity contribution is 5.94. The zero-order valence-corrected chi connectivity index (χ0v) is 13.9. The summed E-state index contributed by atoms with van der Waals surface area (Å²) < 4.78 is 0. The van der Waals surface area contributed by atoms with E-state index in [1.54, 1.807) is 11.0 Å². The minimum atomic E-state index is -0.516. The predicted octanol–water partition coefficient (Wildman–Crippen LogP) is 2.46. The first kappa shape index (κ1) is 17.7. The fourth-order valence-corrected chi connectivity index (χ4v) is 2.91. The minimum absolute atomic E-state index is 0.0494. The number of nitro groups is 1. The van der Waals surface area contributed by atoms with E-state index in [0.717, 1.165) is 6.42 Å². The number of amides is 3. The number of rotatable bonds is 5. The number of likely N-dealkylation sites (tertiary alicyclic amines) is 1. The van der Waals surface area contributed by atoms with Crippen molar-refractivity contribution in [3.8, 4) is 0 Å². The van der Waals surface area contributed by atoms with Gasteiger partial charge in [0.15, 0.2) is 0 Å². The quantitative estimate of drug-likeness (QED) is 0.661. The highest BCUT2D eigenvalue weighted by Gasteiger charge is 2.36. The van der Waals surface area contributed by atoms with Crippen LogP contribution in [0.3, 0.4) is 0 Å². The molecule has 1 aromatic carbocycles. The largest absolute Gasteiger partial charge is 0.341 e. The highest BCUT2D eigenvalue weighted by Crippen LogP contribution is 2.22. The molecule has 8 heteroatoms. The molecule has 3 amide bonds. The second-order valence-corrected chi connectivity index (χ2v) is 5.60. The maximum absolute atomic E-state index is 12.5. The van der Waals surface area contributed by atoms with Gasteiger partial charge in [-0.1, -0.05) is 6.07 Å². The number of likely N-dealkylation sites (N-methyl/N-ethyl adjacent to an activating group) is 1. The van der Waals surface area contributed by atoms with Crippen LogP contribution < -0.4 is 5.32 Å². The van der Waals surface area contributed by atoms with Gasteiger partial charge >= 0.3 is 6.03 Å². The molecule has 1 aromatic rings. The first-order chi connectivity index (χ1) is 11.5. The molecule has 1 fully saturated rings. The van der Waals surface area contributed by atoms with E-state index in [4.69, 9.17) is 0 Å². The van der Waals surface area contributed by atoms with Crippen LogP contribution in [0.5, 0.6) is 0 Å². The second-order valence-electron chi connectivity index (χ2n) is 5.60. The highest BCUT2D eigenvalue weighted by atomic mass is 16.6. The summed E-state index contributed by atoms with van der Waals surface area (Å²) in [5.74, 6) is -0.0494. The number of nitrogens with one attached hydrogen (secondary N) is 1. The van der Waals surface area contributed by atoms with Gasteiger partial charge in [-0.25, -0.2) is 4.79 Å².